The number of carbonyl (C=O) groups excluding carboxylic acids is 1. The molecule has 0 aromatic carbocycles. The summed E-state index contributed by atoms with van der Waals surface area (Å²) < 4.78 is 5.21. The first kappa shape index (κ1) is 14.8. The van der Waals surface area contributed by atoms with E-state index < -0.39 is 0 Å². The lowest BCUT2D eigenvalue weighted by Gasteiger charge is -2.33. The van der Waals surface area contributed by atoms with E-state index >= 15 is 0 Å². The first-order valence-corrected chi connectivity index (χ1v) is 7.23. The standard InChI is InChI=1S/C15H23N3O2/c1-3-20-11-15(19)18-8-4-5-13(10-18)12-6-7-17-14(9-12)16-2/h6-7,9,13H,3-5,8,10-11H2,1-2H3,(H,16,17)/t13-/m0/s1. The van der Waals surface area contributed by atoms with Crippen molar-refractivity contribution in [3.8, 4) is 0 Å². The zero-order valence-corrected chi connectivity index (χ0v) is 12.3. The molecule has 1 saturated heterocycles. The van der Waals surface area contributed by atoms with Crippen LogP contribution in [0.15, 0.2) is 18.3 Å². The highest BCUT2D eigenvalue weighted by Crippen LogP contribution is 2.27. The SMILES string of the molecule is CCOCC(=O)N1CCC[C@H](c2ccnc(NC)c2)C1. The van der Waals surface area contributed by atoms with Crippen LogP contribution in [-0.2, 0) is 9.53 Å². The van der Waals surface area contributed by atoms with Crippen molar-refractivity contribution in [2.75, 3.05) is 38.7 Å². The van der Waals surface area contributed by atoms with Crippen LogP contribution in [0.25, 0.3) is 0 Å². The normalized spacial score (nSPS) is 18.9. The number of hydrogen-bond acceptors (Lipinski definition) is 4. The van der Waals surface area contributed by atoms with Gasteiger partial charge in [0, 0.05) is 38.9 Å². The molecule has 0 unspecified atom stereocenters. The maximum Gasteiger partial charge on any atom is 0.248 e. The largest absolute Gasteiger partial charge is 0.373 e. The van der Waals surface area contributed by atoms with E-state index in [9.17, 15) is 4.79 Å². The predicted octanol–water partition coefficient (Wildman–Crippen LogP) is 1.87. The van der Waals surface area contributed by atoms with Gasteiger partial charge in [-0.15, -0.1) is 0 Å². The van der Waals surface area contributed by atoms with Crippen LogP contribution < -0.4 is 5.32 Å². The number of ether oxygens (including phenoxy) is 1. The van der Waals surface area contributed by atoms with Crippen LogP contribution in [0.5, 0.6) is 0 Å². The molecule has 1 aromatic rings. The van der Waals surface area contributed by atoms with E-state index in [1.165, 1.54) is 5.56 Å². The minimum Gasteiger partial charge on any atom is -0.373 e. The van der Waals surface area contributed by atoms with Gasteiger partial charge in [0.2, 0.25) is 5.91 Å². The fraction of sp³-hybridized carbons (Fsp3) is 0.600. The average molecular weight is 277 g/mol. The fourth-order valence-electron chi connectivity index (χ4n) is 2.59. The molecule has 1 amide bonds. The van der Waals surface area contributed by atoms with Gasteiger partial charge in [-0.3, -0.25) is 4.79 Å². The van der Waals surface area contributed by atoms with Crippen molar-refractivity contribution in [3.05, 3.63) is 23.9 Å². The number of anilines is 1. The van der Waals surface area contributed by atoms with Crippen LogP contribution in [-0.4, -0.2) is 49.1 Å². The summed E-state index contributed by atoms with van der Waals surface area (Å²) in [5.74, 6) is 1.36. The summed E-state index contributed by atoms with van der Waals surface area (Å²) in [6, 6.07) is 4.11. The lowest BCUT2D eigenvalue weighted by atomic mass is 9.91. The molecule has 0 radical (unpaired) electrons. The van der Waals surface area contributed by atoms with E-state index in [4.69, 9.17) is 4.74 Å². The zero-order valence-electron chi connectivity index (χ0n) is 12.3. The number of likely N-dealkylation sites (tertiary alicyclic amines) is 1. The van der Waals surface area contributed by atoms with Crippen molar-refractivity contribution in [3.63, 3.8) is 0 Å². The van der Waals surface area contributed by atoms with Crippen molar-refractivity contribution in [2.45, 2.75) is 25.7 Å². The molecule has 2 heterocycles. The number of nitrogens with zero attached hydrogens (tertiary/aromatic N) is 2. The van der Waals surface area contributed by atoms with Crippen LogP contribution >= 0.6 is 0 Å². The quantitative estimate of drug-likeness (QED) is 0.892. The first-order valence-electron chi connectivity index (χ1n) is 7.23. The highest BCUT2D eigenvalue weighted by Gasteiger charge is 2.24. The Labute approximate surface area is 120 Å². The van der Waals surface area contributed by atoms with Crippen LogP contribution in [0.4, 0.5) is 5.82 Å². The maximum atomic E-state index is 12.0. The highest BCUT2D eigenvalue weighted by molar-refractivity contribution is 5.77. The van der Waals surface area contributed by atoms with E-state index in [1.807, 2.05) is 31.1 Å². The molecule has 5 heteroatoms. The molecule has 1 aliphatic rings. The van der Waals surface area contributed by atoms with Gasteiger partial charge in [0.05, 0.1) is 0 Å². The number of piperidine rings is 1. The third-order valence-electron chi connectivity index (χ3n) is 3.72. The average Bonchev–Trinajstić information content (AvgIpc) is 2.52. The summed E-state index contributed by atoms with van der Waals surface area (Å²) in [4.78, 5) is 18.2. The Bertz CT molecular complexity index is 450. The van der Waals surface area contributed by atoms with E-state index in [1.54, 1.807) is 0 Å². The van der Waals surface area contributed by atoms with Gasteiger partial charge in [0.15, 0.2) is 0 Å². The molecule has 20 heavy (non-hydrogen) atoms. The lowest BCUT2D eigenvalue weighted by Crippen LogP contribution is -2.41. The molecule has 110 valence electrons. The number of nitrogens with one attached hydrogen (secondary N) is 1. The predicted molar refractivity (Wildman–Crippen MR) is 78.8 cm³/mol. The number of amides is 1. The van der Waals surface area contributed by atoms with Crippen LogP contribution in [0, 0.1) is 0 Å². The van der Waals surface area contributed by atoms with Gasteiger partial charge in [-0.2, -0.15) is 0 Å². The molecule has 1 atom stereocenters. The fourth-order valence-corrected chi connectivity index (χ4v) is 2.59. The molecule has 5 nitrogen and oxygen atoms in total. The lowest BCUT2D eigenvalue weighted by molar-refractivity contribution is -0.137. The number of rotatable bonds is 5. The van der Waals surface area contributed by atoms with Gasteiger partial charge < -0.3 is 15.0 Å². The molecular formula is C15H23N3O2. The second-order valence-corrected chi connectivity index (χ2v) is 5.04. The number of pyridine rings is 1. The topological polar surface area (TPSA) is 54.5 Å². The first-order chi connectivity index (χ1) is 9.74. The second-order valence-electron chi connectivity index (χ2n) is 5.04. The molecule has 1 N–H and O–H groups in total. The smallest absolute Gasteiger partial charge is 0.248 e. The van der Waals surface area contributed by atoms with Gasteiger partial charge >= 0.3 is 0 Å². The van der Waals surface area contributed by atoms with Crippen molar-refractivity contribution in [2.24, 2.45) is 0 Å². The van der Waals surface area contributed by atoms with Crippen LogP contribution in [0.2, 0.25) is 0 Å². The molecule has 2 rings (SSSR count). The van der Waals surface area contributed by atoms with Crippen molar-refractivity contribution in [1.82, 2.24) is 9.88 Å². The monoisotopic (exact) mass is 277 g/mol. The summed E-state index contributed by atoms with van der Waals surface area (Å²) >= 11 is 0. The van der Waals surface area contributed by atoms with Gasteiger partial charge in [-0.05, 0) is 37.5 Å². The van der Waals surface area contributed by atoms with Gasteiger partial charge in [0.25, 0.3) is 0 Å². The third kappa shape index (κ3) is 3.70. The van der Waals surface area contributed by atoms with Crippen LogP contribution in [0.1, 0.15) is 31.2 Å². The Kier molecular flexibility index (Phi) is 5.35. The highest BCUT2D eigenvalue weighted by atomic mass is 16.5. The van der Waals surface area contributed by atoms with Crippen molar-refractivity contribution < 1.29 is 9.53 Å². The Hall–Kier alpha value is -1.62. The van der Waals surface area contributed by atoms with Gasteiger partial charge in [-0.1, -0.05) is 0 Å². The molecular weight excluding hydrogens is 254 g/mol. The minimum absolute atomic E-state index is 0.0967. The van der Waals surface area contributed by atoms with Crippen LogP contribution in [0.3, 0.4) is 0 Å². The molecule has 0 bridgehead atoms. The van der Waals surface area contributed by atoms with E-state index in [0.29, 0.717) is 12.5 Å². The molecule has 1 fully saturated rings. The molecule has 1 aliphatic heterocycles. The Morgan fingerprint density at radius 3 is 3.20 bits per heavy atom. The van der Waals surface area contributed by atoms with Gasteiger partial charge in [0.1, 0.15) is 12.4 Å². The second kappa shape index (κ2) is 7.24. The van der Waals surface area contributed by atoms with E-state index in [-0.39, 0.29) is 12.5 Å². The number of carbonyl (C=O) groups is 1. The number of hydrogen-bond donors (Lipinski definition) is 1. The maximum absolute atomic E-state index is 12.0. The van der Waals surface area contributed by atoms with E-state index in [2.05, 4.69) is 16.4 Å². The molecule has 0 aliphatic carbocycles. The third-order valence-corrected chi connectivity index (χ3v) is 3.72. The Balaban J connectivity index is 2.00. The summed E-state index contributed by atoms with van der Waals surface area (Å²) in [7, 11) is 1.87. The molecule has 1 aromatic heterocycles. The Morgan fingerprint density at radius 2 is 2.45 bits per heavy atom. The zero-order chi connectivity index (χ0) is 14.4. The van der Waals surface area contributed by atoms with Crippen molar-refractivity contribution in [1.29, 1.82) is 0 Å². The summed E-state index contributed by atoms with van der Waals surface area (Å²) in [6.07, 6.45) is 3.98. The van der Waals surface area contributed by atoms with E-state index in [0.717, 1.165) is 31.7 Å². The van der Waals surface area contributed by atoms with Crippen molar-refractivity contribution >= 4 is 11.7 Å². The molecule has 0 saturated carbocycles. The summed E-state index contributed by atoms with van der Waals surface area (Å²) in [6.45, 7) is 4.30. The van der Waals surface area contributed by atoms with Gasteiger partial charge in [-0.25, -0.2) is 4.98 Å². The Morgan fingerprint density at radius 1 is 1.60 bits per heavy atom. The summed E-state index contributed by atoms with van der Waals surface area (Å²) in [5.41, 5.74) is 1.25. The molecule has 0 spiro atoms. The number of aromatic nitrogens is 1. The minimum atomic E-state index is 0.0967. The summed E-state index contributed by atoms with van der Waals surface area (Å²) in [5, 5.41) is 3.06.